The summed E-state index contributed by atoms with van der Waals surface area (Å²) in [6.45, 7) is 5.91. The third kappa shape index (κ3) is 3.92. The summed E-state index contributed by atoms with van der Waals surface area (Å²) < 4.78 is 0. The number of anilines is 1. The van der Waals surface area contributed by atoms with Crippen LogP contribution in [0.25, 0.3) is 0 Å². The normalized spacial score (nSPS) is 10.6. The van der Waals surface area contributed by atoms with Crippen molar-refractivity contribution in [3.05, 3.63) is 64.7 Å². The molecule has 4 nitrogen and oxygen atoms in total. The number of carbonyl (C=O) groups excluding carboxylic acids is 1. The molecular formula is C17H19N3O. The first-order chi connectivity index (χ1) is 10.1. The van der Waals surface area contributed by atoms with Crippen LogP contribution in [0.3, 0.4) is 0 Å². The van der Waals surface area contributed by atoms with Gasteiger partial charge in [0, 0.05) is 5.69 Å². The average molecular weight is 281 g/mol. The van der Waals surface area contributed by atoms with E-state index in [0.717, 1.165) is 27.9 Å². The molecule has 0 aromatic heterocycles. The van der Waals surface area contributed by atoms with E-state index in [1.54, 1.807) is 6.21 Å². The second-order valence-electron chi connectivity index (χ2n) is 4.95. The maximum Gasteiger partial charge on any atom is 0.339 e. The molecule has 2 aromatic carbocycles. The van der Waals surface area contributed by atoms with Gasteiger partial charge in [-0.1, -0.05) is 42.5 Å². The molecule has 2 amide bonds. The summed E-state index contributed by atoms with van der Waals surface area (Å²) in [7, 11) is 0. The molecule has 0 unspecified atom stereocenters. The van der Waals surface area contributed by atoms with E-state index in [4.69, 9.17) is 0 Å². The van der Waals surface area contributed by atoms with Gasteiger partial charge in [0.25, 0.3) is 0 Å². The molecule has 0 atom stereocenters. The topological polar surface area (TPSA) is 53.5 Å². The van der Waals surface area contributed by atoms with Crippen molar-refractivity contribution in [3.63, 3.8) is 0 Å². The van der Waals surface area contributed by atoms with E-state index in [-0.39, 0.29) is 6.03 Å². The largest absolute Gasteiger partial charge is 0.339 e. The molecule has 2 aromatic rings. The Morgan fingerprint density at radius 2 is 1.57 bits per heavy atom. The van der Waals surface area contributed by atoms with Crippen LogP contribution in [0.15, 0.2) is 47.6 Å². The highest BCUT2D eigenvalue weighted by Crippen LogP contribution is 2.18. The zero-order valence-electron chi connectivity index (χ0n) is 12.5. The van der Waals surface area contributed by atoms with Crippen molar-refractivity contribution in [1.82, 2.24) is 5.43 Å². The fourth-order valence-corrected chi connectivity index (χ4v) is 2.05. The van der Waals surface area contributed by atoms with Crippen molar-refractivity contribution in [2.24, 2.45) is 5.10 Å². The Labute approximate surface area is 124 Å². The minimum Gasteiger partial charge on any atom is -0.306 e. The Hall–Kier alpha value is -2.62. The van der Waals surface area contributed by atoms with Crippen molar-refractivity contribution < 1.29 is 4.79 Å². The Morgan fingerprint density at radius 1 is 0.952 bits per heavy atom. The van der Waals surface area contributed by atoms with Crippen LogP contribution in [0.2, 0.25) is 0 Å². The first-order valence-corrected chi connectivity index (χ1v) is 6.80. The first-order valence-electron chi connectivity index (χ1n) is 6.80. The predicted molar refractivity (Wildman–Crippen MR) is 86.8 cm³/mol. The summed E-state index contributed by atoms with van der Waals surface area (Å²) in [6, 6.07) is 13.4. The van der Waals surface area contributed by atoms with Crippen LogP contribution in [0.5, 0.6) is 0 Å². The molecule has 0 saturated carbocycles. The van der Waals surface area contributed by atoms with Crippen molar-refractivity contribution in [3.8, 4) is 0 Å². The maximum absolute atomic E-state index is 11.9. The van der Waals surface area contributed by atoms with E-state index in [1.807, 2.05) is 63.2 Å². The standard InChI is InChI=1S/C17H19N3O/c1-12-7-4-5-10-15(12)11-18-20-17(21)19-16-13(2)8-6-9-14(16)3/h4-11H,1-3H3,(H2,19,20,21)/b18-11+. The lowest BCUT2D eigenvalue weighted by molar-refractivity contribution is 0.252. The minimum atomic E-state index is -0.350. The molecule has 0 aliphatic carbocycles. The summed E-state index contributed by atoms with van der Waals surface area (Å²) >= 11 is 0. The van der Waals surface area contributed by atoms with Crippen molar-refractivity contribution in [2.75, 3.05) is 5.32 Å². The summed E-state index contributed by atoms with van der Waals surface area (Å²) in [5.74, 6) is 0. The Morgan fingerprint density at radius 3 is 2.24 bits per heavy atom. The number of urea groups is 1. The van der Waals surface area contributed by atoms with Gasteiger partial charge in [-0.05, 0) is 43.0 Å². The molecule has 0 spiro atoms. The number of hydrogen-bond acceptors (Lipinski definition) is 2. The average Bonchev–Trinajstić information content (AvgIpc) is 2.45. The van der Waals surface area contributed by atoms with E-state index in [0.29, 0.717) is 0 Å². The molecule has 0 bridgehead atoms. The summed E-state index contributed by atoms with van der Waals surface area (Å²) in [6.07, 6.45) is 1.64. The van der Waals surface area contributed by atoms with E-state index in [2.05, 4.69) is 15.8 Å². The second kappa shape index (κ2) is 6.70. The molecule has 108 valence electrons. The fraction of sp³-hybridized carbons (Fsp3) is 0.176. The lowest BCUT2D eigenvalue weighted by Crippen LogP contribution is -2.25. The van der Waals surface area contributed by atoms with Gasteiger partial charge < -0.3 is 5.32 Å². The van der Waals surface area contributed by atoms with Gasteiger partial charge in [-0.25, -0.2) is 10.2 Å². The molecule has 2 rings (SSSR count). The molecule has 0 aliphatic heterocycles. The molecule has 0 saturated heterocycles. The zero-order chi connectivity index (χ0) is 15.2. The number of benzene rings is 2. The summed E-state index contributed by atoms with van der Waals surface area (Å²) in [4.78, 5) is 11.9. The van der Waals surface area contributed by atoms with Crippen LogP contribution < -0.4 is 10.7 Å². The van der Waals surface area contributed by atoms with Gasteiger partial charge in [0.1, 0.15) is 0 Å². The van der Waals surface area contributed by atoms with Crippen LogP contribution in [-0.4, -0.2) is 12.2 Å². The lowest BCUT2D eigenvalue weighted by Gasteiger charge is -2.10. The second-order valence-corrected chi connectivity index (χ2v) is 4.95. The quantitative estimate of drug-likeness (QED) is 0.653. The van der Waals surface area contributed by atoms with Gasteiger partial charge in [-0.15, -0.1) is 0 Å². The minimum absolute atomic E-state index is 0.350. The maximum atomic E-state index is 11.9. The molecule has 4 heteroatoms. The van der Waals surface area contributed by atoms with E-state index in [9.17, 15) is 4.79 Å². The lowest BCUT2D eigenvalue weighted by atomic mass is 10.1. The van der Waals surface area contributed by atoms with Gasteiger partial charge in [0.2, 0.25) is 0 Å². The number of aryl methyl sites for hydroxylation is 3. The molecule has 2 N–H and O–H groups in total. The van der Waals surface area contributed by atoms with Gasteiger partial charge in [0.05, 0.1) is 6.21 Å². The van der Waals surface area contributed by atoms with Crippen LogP contribution in [0, 0.1) is 20.8 Å². The van der Waals surface area contributed by atoms with Gasteiger partial charge in [0.15, 0.2) is 0 Å². The van der Waals surface area contributed by atoms with Crippen molar-refractivity contribution in [1.29, 1.82) is 0 Å². The summed E-state index contributed by atoms with van der Waals surface area (Å²) in [5.41, 5.74) is 7.43. The number of nitrogens with one attached hydrogen (secondary N) is 2. The Bertz CT molecular complexity index is 657. The molecule has 21 heavy (non-hydrogen) atoms. The van der Waals surface area contributed by atoms with Crippen molar-refractivity contribution >= 4 is 17.9 Å². The number of rotatable bonds is 3. The van der Waals surface area contributed by atoms with Crippen LogP contribution in [-0.2, 0) is 0 Å². The highest BCUT2D eigenvalue weighted by Gasteiger charge is 2.05. The number of hydrazone groups is 1. The van der Waals surface area contributed by atoms with E-state index < -0.39 is 0 Å². The number of para-hydroxylation sites is 1. The smallest absolute Gasteiger partial charge is 0.306 e. The van der Waals surface area contributed by atoms with E-state index >= 15 is 0 Å². The van der Waals surface area contributed by atoms with Crippen LogP contribution in [0.4, 0.5) is 10.5 Å². The SMILES string of the molecule is Cc1ccccc1/C=N/NC(=O)Nc1c(C)cccc1C. The monoisotopic (exact) mass is 281 g/mol. The molecule has 0 fully saturated rings. The van der Waals surface area contributed by atoms with Crippen LogP contribution >= 0.6 is 0 Å². The molecular weight excluding hydrogens is 262 g/mol. The number of amides is 2. The third-order valence-corrected chi connectivity index (χ3v) is 3.28. The Balaban J connectivity index is 1.98. The number of nitrogens with zero attached hydrogens (tertiary/aromatic N) is 1. The van der Waals surface area contributed by atoms with Crippen LogP contribution in [0.1, 0.15) is 22.3 Å². The van der Waals surface area contributed by atoms with E-state index in [1.165, 1.54) is 0 Å². The molecule has 0 aliphatic rings. The van der Waals surface area contributed by atoms with Gasteiger partial charge >= 0.3 is 6.03 Å². The molecule has 0 radical (unpaired) electrons. The van der Waals surface area contributed by atoms with Crippen molar-refractivity contribution in [2.45, 2.75) is 20.8 Å². The summed E-state index contributed by atoms with van der Waals surface area (Å²) in [5, 5.41) is 6.79. The first kappa shape index (κ1) is 14.8. The number of carbonyl (C=O) groups is 1. The van der Waals surface area contributed by atoms with Gasteiger partial charge in [-0.2, -0.15) is 5.10 Å². The number of hydrogen-bond donors (Lipinski definition) is 2. The highest BCUT2D eigenvalue weighted by atomic mass is 16.2. The highest BCUT2D eigenvalue weighted by molar-refractivity contribution is 5.92. The predicted octanol–water partition coefficient (Wildman–Crippen LogP) is 3.77. The third-order valence-electron chi connectivity index (χ3n) is 3.28. The fourth-order valence-electron chi connectivity index (χ4n) is 2.05. The zero-order valence-corrected chi connectivity index (χ0v) is 12.5. The molecule has 0 heterocycles. The van der Waals surface area contributed by atoms with Gasteiger partial charge in [-0.3, -0.25) is 0 Å². The Kier molecular flexibility index (Phi) is 4.72.